The number of nitrogens with zero attached hydrogens (tertiary/aromatic N) is 2. The van der Waals surface area contributed by atoms with Crippen LogP contribution in [0.2, 0.25) is 0 Å². The Bertz CT molecular complexity index is 612. The molecule has 178 valence electrons. The number of anilines is 1. The van der Waals surface area contributed by atoms with Gasteiger partial charge in [-0.25, -0.2) is 0 Å². The van der Waals surface area contributed by atoms with Crippen LogP contribution in [0.25, 0.3) is 0 Å². The zero-order valence-corrected chi connectivity index (χ0v) is 21.4. The van der Waals surface area contributed by atoms with Crippen molar-refractivity contribution in [3.8, 4) is 5.75 Å². The summed E-state index contributed by atoms with van der Waals surface area (Å²) in [5, 5.41) is 0. The summed E-state index contributed by atoms with van der Waals surface area (Å²) in [6, 6.07) is 9.70. The van der Waals surface area contributed by atoms with Gasteiger partial charge in [-0.15, -0.1) is 0 Å². The molecule has 1 aromatic carbocycles. The Morgan fingerprint density at radius 1 is 1.03 bits per heavy atom. The molecule has 1 unspecified atom stereocenters. The van der Waals surface area contributed by atoms with E-state index >= 15 is 0 Å². The van der Waals surface area contributed by atoms with E-state index in [1.807, 2.05) is 0 Å². The largest absolute Gasteiger partial charge is 0.493 e. The molecule has 1 aliphatic heterocycles. The Balaban J connectivity index is 1.97. The van der Waals surface area contributed by atoms with E-state index in [0.717, 1.165) is 45.0 Å². The first-order chi connectivity index (χ1) is 14.5. The molecule has 0 spiro atoms. The number of nitrogens with two attached hydrogens (primary N) is 1. The summed E-state index contributed by atoms with van der Waals surface area (Å²) in [6.07, 6.45) is 4.77. The minimum Gasteiger partial charge on any atom is -0.493 e. The lowest BCUT2D eigenvalue weighted by Crippen LogP contribution is -2.48. The van der Waals surface area contributed by atoms with Gasteiger partial charge in [0.05, 0.1) is 6.61 Å². The van der Waals surface area contributed by atoms with Crippen molar-refractivity contribution < 1.29 is 4.74 Å². The second-order valence-corrected chi connectivity index (χ2v) is 11.6. The van der Waals surface area contributed by atoms with Gasteiger partial charge in [0, 0.05) is 44.0 Å². The highest BCUT2D eigenvalue weighted by Gasteiger charge is 2.26. The second kappa shape index (κ2) is 12.1. The highest BCUT2D eigenvalue weighted by Crippen LogP contribution is 2.27. The molecule has 1 atom stereocenters. The fraction of sp³-hybridized carbons (Fsp3) is 0.778. The molecule has 0 aliphatic carbocycles. The maximum Gasteiger partial charge on any atom is 0.119 e. The van der Waals surface area contributed by atoms with Crippen molar-refractivity contribution in [1.29, 1.82) is 0 Å². The zero-order valence-electron chi connectivity index (χ0n) is 21.4. The third-order valence-corrected chi connectivity index (χ3v) is 6.05. The average Bonchev–Trinajstić information content (AvgIpc) is 2.67. The Kier molecular flexibility index (Phi) is 10.2. The van der Waals surface area contributed by atoms with Gasteiger partial charge in [-0.1, -0.05) is 48.5 Å². The Morgan fingerprint density at radius 3 is 2.16 bits per heavy atom. The van der Waals surface area contributed by atoms with Gasteiger partial charge < -0.3 is 20.3 Å². The summed E-state index contributed by atoms with van der Waals surface area (Å²) in [6.45, 7) is 21.0. The molecule has 1 saturated heterocycles. The van der Waals surface area contributed by atoms with Gasteiger partial charge in [-0.05, 0) is 67.2 Å². The standard InChI is InChI=1S/C27H49N3O/c1-21(2)12-17-30(24-8-10-26(11-9-24)31-20-27(5,6)7)25-13-15-29(16-14-25)19-23(28)18-22(3)4/h8-11,21-23,25H,12-20,28H2,1-7H3. The predicted octanol–water partition coefficient (Wildman–Crippen LogP) is 5.80. The van der Waals surface area contributed by atoms with E-state index in [1.54, 1.807) is 0 Å². The van der Waals surface area contributed by atoms with Crippen LogP contribution in [0, 0.1) is 17.3 Å². The molecule has 1 heterocycles. The third kappa shape index (κ3) is 9.82. The van der Waals surface area contributed by atoms with E-state index < -0.39 is 0 Å². The fourth-order valence-electron chi connectivity index (χ4n) is 4.38. The summed E-state index contributed by atoms with van der Waals surface area (Å²) in [5.41, 5.74) is 7.88. The van der Waals surface area contributed by atoms with Crippen LogP contribution >= 0.6 is 0 Å². The number of likely N-dealkylation sites (tertiary alicyclic amines) is 1. The Labute approximate surface area is 192 Å². The van der Waals surface area contributed by atoms with E-state index in [0.29, 0.717) is 23.9 Å². The average molecular weight is 432 g/mol. The number of ether oxygens (including phenoxy) is 1. The van der Waals surface area contributed by atoms with Gasteiger partial charge >= 0.3 is 0 Å². The highest BCUT2D eigenvalue weighted by molar-refractivity contribution is 5.50. The molecule has 0 amide bonds. The number of piperidine rings is 1. The van der Waals surface area contributed by atoms with Crippen molar-refractivity contribution in [1.82, 2.24) is 4.90 Å². The molecule has 2 N–H and O–H groups in total. The molecule has 1 fully saturated rings. The van der Waals surface area contributed by atoms with Crippen LogP contribution in [-0.2, 0) is 0 Å². The van der Waals surface area contributed by atoms with E-state index in [9.17, 15) is 0 Å². The normalized spacial score (nSPS) is 17.4. The van der Waals surface area contributed by atoms with Crippen molar-refractivity contribution >= 4 is 5.69 Å². The van der Waals surface area contributed by atoms with E-state index in [4.69, 9.17) is 10.5 Å². The molecule has 2 rings (SSSR count). The quantitative estimate of drug-likeness (QED) is 0.481. The zero-order chi connectivity index (χ0) is 23.0. The molecule has 1 aromatic rings. The maximum absolute atomic E-state index is 6.37. The lowest BCUT2D eigenvalue weighted by Gasteiger charge is -2.41. The maximum atomic E-state index is 6.37. The van der Waals surface area contributed by atoms with Crippen molar-refractivity contribution in [3.63, 3.8) is 0 Å². The van der Waals surface area contributed by atoms with Crippen LogP contribution in [0.5, 0.6) is 5.75 Å². The first-order valence-corrected chi connectivity index (χ1v) is 12.5. The van der Waals surface area contributed by atoms with Crippen LogP contribution in [-0.4, -0.2) is 49.8 Å². The summed E-state index contributed by atoms with van der Waals surface area (Å²) < 4.78 is 5.99. The molecule has 4 heteroatoms. The first-order valence-electron chi connectivity index (χ1n) is 12.5. The van der Waals surface area contributed by atoms with Crippen LogP contribution in [0.15, 0.2) is 24.3 Å². The second-order valence-electron chi connectivity index (χ2n) is 11.6. The fourth-order valence-corrected chi connectivity index (χ4v) is 4.38. The molecule has 0 aromatic heterocycles. The molecule has 31 heavy (non-hydrogen) atoms. The Morgan fingerprint density at radius 2 is 1.65 bits per heavy atom. The summed E-state index contributed by atoms with van der Waals surface area (Å²) >= 11 is 0. The van der Waals surface area contributed by atoms with Crippen LogP contribution in [0.4, 0.5) is 5.69 Å². The predicted molar refractivity (Wildman–Crippen MR) is 135 cm³/mol. The van der Waals surface area contributed by atoms with Gasteiger partial charge in [0.1, 0.15) is 5.75 Å². The van der Waals surface area contributed by atoms with Gasteiger partial charge in [-0.3, -0.25) is 0 Å². The number of hydrogen-bond acceptors (Lipinski definition) is 4. The van der Waals surface area contributed by atoms with E-state index in [1.165, 1.54) is 24.9 Å². The molecule has 0 radical (unpaired) electrons. The van der Waals surface area contributed by atoms with Crippen molar-refractivity contribution in [2.24, 2.45) is 23.0 Å². The minimum absolute atomic E-state index is 0.174. The minimum atomic E-state index is 0.174. The van der Waals surface area contributed by atoms with Crippen molar-refractivity contribution in [2.45, 2.75) is 86.2 Å². The summed E-state index contributed by atoms with van der Waals surface area (Å²) in [7, 11) is 0. The number of rotatable bonds is 11. The SMILES string of the molecule is CC(C)CCN(c1ccc(OCC(C)(C)C)cc1)C1CCN(CC(N)CC(C)C)CC1. The van der Waals surface area contributed by atoms with Gasteiger partial charge in [0.25, 0.3) is 0 Å². The Hall–Kier alpha value is -1.26. The molecule has 1 aliphatic rings. The topological polar surface area (TPSA) is 41.7 Å². The molecule has 0 bridgehead atoms. The molecular weight excluding hydrogens is 382 g/mol. The van der Waals surface area contributed by atoms with Gasteiger partial charge in [0.2, 0.25) is 0 Å². The monoisotopic (exact) mass is 431 g/mol. The number of benzene rings is 1. The van der Waals surface area contributed by atoms with Crippen LogP contribution in [0.1, 0.15) is 74.1 Å². The molecular formula is C27H49N3O. The summed E-state index contributed by atoms with van der Waals surface area (Å²) in [4.78, 5) is 5.23. The lowest BCUT2D eigenvalue weighted by atomic mass is 9.98. The lowest BCUT2D eigenvalue weighted by molar-refractivity contribution is 0.191. The number of hydrogen-bond donors (Lipinski definition) is 1. The molecule has 4 nitrogen and oxygen atoms in total. The van der Waals surface area contributed by atoms with Crippen LogP contribution in [0.3, 0.4) is 0 Å². The first kappa shape index (κ1) is 26.0. The van der Waals surface area contributed by atoms with Gasteiger partial charge in [0.15, 0.2) is 0 Å². The summed E-state index contributed by atoms with van der Waals surface area (Å²) in [5.74, 6) is 2.36. The smallest absolute Gasteiger partial charge is 0.119 e. The van der Waals surface area contributed by atoms with Crippen molar-refractivity contribution in [2.75, 3.05) is 37.7 Å². The van der Waals surface area contributed by atoms with Crippen molar-refractivity contribution in [3.05, 3.63) is 24.3 Å². The van der Waals surface area contributed by atoms with Crippen LogP contribution < -0.4 is 15.4 Å². The molecule has 0 saturated carbocycles. The van der Waals surface area contributed by atoms with E-state index in [-0.39, 0.29) is 5.41 Å². The van der Waals surface area contributed by atoms with Gasteiger partial charge in [-0.2, -0.15) is 0 Å². The third-order valence-electron chi connectivity index (χ3n) is 6.05. The highest BCUT2D eigenvalue weighted by atomic mass is 16.5. The van der Waals surface area contributed by atoms with E-state index in [2.05, 4.69) is 82.5 Å².